The molecule has 0 fully saturated rings. The second-order valence-electron chi connectivity index (χ2n) is 4.85. The highest BCUT2D eigenvalue weighted by atomic mass is 79.9. The molecule has 0 amide bonds. The van der Waals surface area contributed by atoms with Gasteiger partial charge in [-0.25, -0.2) is 8.42 Å². The summed E-state index contributed by atoms with van der Waals surface area (Å²) < 4.78 is 30.5. The largest absolute Gasteiger partial charge is 0.308 e. The van der Waals surface area contributed by atoms with E-state index >= 15 is 0 Å². The number of sulfonamides is 1. The Balaban J connectivity index is 1.98. The molecule has 0 unspecified atom stereocenters. The van der Waals surface area contributed by atoms with Crippen molar-refractivity contribution in [3.05, 3.63) is 56.6 Å². The van der Waals surface area contributed by atoms with Crippen molar-refractivity contribution in [2.24, 2.45) is 0 Å². The van der Waals surface area contributed by atoms with E-state index in [4.69, 9.17) is 0 Å². The lowest BCUT2D eigenvalue weighted by Gasteiger charge is -2.08. The standard InChI is InChI=1S/C15H13BrN2O3S2/c1-2-18-13-8-5-11(9-14(13)22-15(18)19)17-23(20,21)12-6-3-10(16)4-7-12/h3-9,17H,2H2,1H3. The highest BCUT2D eigenvalue weighted by Gasteiger charge is 2.15. The Bertz CT molecular complexity index is 1020. The van der Waals surface area contributed by atoms with E-state index in [0.29, 0.717) is 12.2 Å². The fourth-order valence-corrected chi connectivity index (χ4v) is 4.57. The number of hydrogen-bond donors (Lipinski definition) is 1. The Morgan fingerprint density at radius 2 is 1.87 bits per heavy atom. The van der Waals surface area contributed by atoms with Gasteiger partial charge in [-0.3, -0.25) is 14.1 Å². The number of halogens is 1. The van der Waals surface area contributed by atoms with Gasteiger partial charge in [0.15, 0.2) is 0 Å². The predicted molar refractivity (Wildman–Crippen MR) is 96.7 cm³/mol. The Labute approximate surface area is 145 Å². The zero-order valence-corrected chi connectivity index (χ0v) is 15.3. The summed E-state index contributed by atoms with van der Waals surface area (Å²) in [6.45, 7) is 2.49. The van der Waals surface area contributed by atoms with Crippen LogP contribution in [-0.2, 0) is 16.6 Å². The molecular formula is C15H13BrN2O3S2. The number of anilines is 1. The number of nitrogens with one attached hydrogen (secondary N) is 1. The first-order valence-electron chi connectivity index (χ1n) is 6.82. The molecule has 1 N–H and O–H groups in total. The maximum atomic E-state index is 12.4. The molecule has 8 heteroatoms. The van der Waals surface area contributed by atoms with Gasteiger partial charge in [0.1, 0.15) is 0 Å². The van der Waals surface area contributed by atoms with Crippen LogP contribution in [0.25, 0.3) is 10.2 Å². The number of aryl methyl sites for hydroxylation is 1. The van der Waals surface area contributed by atoms with Crippen molar-refractivity contribution in [3.8, 4) is 0 Å². The SMILES string of the molecule is CCn1c(=O)sc2cc(NS(=O)(=O)c3ccc(Br)cc3)ccc21. The zero-order chi connectivity index (χ0) is 16.6. The van der Waals surface area contributed by atoms with Gasteiger partial charge in [-0.15, -0.1) is 0 Å². The number of aromatic nitrogens is 1. The van der Waals surface area contributed by atoms with Gasteiger partial charge in [0.05, 0.1) is 20.8 Å². The summed E-state index contributed by atoms with van der Waals surface area (Å²) in [6, 6.07) is 11.5. The molecule has 0 radical (unpaired) electrons. The second kappa shape index (κ2) is 6.10. The van der Waals surface area contributed by atoms with Gasteiger partial charge in [-0.05, 0) is 49.4 Å². The molecule has 120 valence electrons. The average Bonchev–Trinajstić information content (AvgIpc) is 2.81. The van der Waals surface area contributed by atoms with Gasteiger partial charge in [0.25, 0.3) is 10.0 Å². The lowest BCUT2D eigenvalue weighted by atomic mass is 10.3. The highest BCUT2D eigenvalue weighted by molar-refractivity contribution is 9.10. The van der Waals surface area contributed by atoms with Crippen LogP contribution in [0, 0.1) is 0 Å². The second-order valence-corrected chi connectivity index (χ2v) is 8.45. The quantitative estimate of drug-likeness (QED) is 0.710. The molecule has 0 saturated carbocycles. The van der Waals surface area contributed by atoms with Crippen LogP contribution in [0.4, 0.5) is 5.69 Å². The summed E-state index contributed by atoms with van der Waals surface area (Å²) in [5.41, 5.74) is 1.25. The Morgan fingerprint density at radius 1 is 1.17 bits per heavy atom. The molecule has 23 heavy (non-hydrogen) atoms. The molecule has 0 bridgehead atoms. The van der Waals surface area contributed by atoms with E-state index in [-0.39, 0.29) is 9.77 Å². The van der Waals surface area contributed by atoms with E-state index in [1.165, 1.54) is 12.1 Å². The van der Waals surface area contributed by atoms with Crippen LogP contribution in [0.3, 0.4) is 0 Å². The summed E-state index contributed by atoms with van der Waals surface area (Å²) >= 11 is 4.38. The summed E-state index contributed by atoms with van der Waals surface area (Å²) in [7, 11) is -3.66. The summed E-state index contributed by atoms with van der Waals surface area (Å²) in [4.78, 5) is 12.0. The van der Waals surface area contributed by atoms with Crippen LogP contribution in [0.2, 0.25) is 0 Å². The third kappa shape index (κ3) is 3.19. The molecule has 2 aromatic carbocycles. The minimum atomic E-state index is -3.66. The maximum absolute atomic E-state index is 12.4. The van der Waals surface area contributed by atoms with Crippen LogP contribution in [0.1, 0.15) is 6.92 Å². The van der Waals surface area contributed by atoms with Gasteiger partial charge < -0.3 is 0 Å². The van der Waals surface area contributed by atoms with Crippen LogP contribution < -0.4 is 9.60 Å². The van der Waals surface area contributed by atoms with Gasteiger partial charge in [0, 0.05) is 11.0 Å². The molecule has 0 aliphatic heterocycles. The zero-order valence-electron chi connectivity index (χ0n) is 12.1. The van der Waals surface area contributed by atoms with E-state index in [9.17, 15) is 13.2 Å². The van der Waals surface area contributed by atoms with Crippen LogP contribution in [0.5, 0.6) is 0 Å². The van der Waals surface area contributed by atoms with Gasteiger partial charge in [-0.2, -0.15) is 0 Å². The molecule has 0 aliphatic rings. The number of benzene rings is 2. The lowest BCUT2D eigenvalue weighted by molar-refractivity contribution is 0.601. The summed E-state index contributed by atoms with van der Waals surface area (Å²) in [5.74, 6) is 0. The van der Waals surface area contributed by atoms with Gasteiger partial charge >= 0.3 is 4.87 Å². The first-order valence-corrected chi connectivity index (χ1v) is 9.92. The van der Waals surface area contributed by atoms with Crippen molar-refractivity contribution in [2.75, 3.05) is 4.72 Å². The average molecular weight is 413 g/mol. The smallest absolute Gasteiger partial charge is 0.299 e. The van der Waals surface area contributed by atoms with Crippen molar-refractivity contribution >= 4 is 53.2 Å². The minimum Gasteiger partial charge on any atom is -0.299 e. The summed E-state index contributed by atoms with van der Waals surface area (Å²) in [6.07, 6.45) is 0. The summed E-state index contributed by atoms with van der Waals surface area (Å²) in [5, 5.41) is 0. The first-order chi connectivity index (χ1) is 10.9. The van der Waals surface area contributed by atoms with Gasteiger partial charge in [0.2, 0.25) is 0 Å². The molecule has 3 aromatic rings. The molecule has 0 aliphatic carbocycles. The molecular weight excluding hydrogens is 400 g/mol. The number of nitrogens with zero attached hydrogens (tertiary/aromatic N) is 1. The molecule has 1 aromatic heterocycles. The minimum absolute atomic E-state index is 0.0459. The highest BCUT2D eigenvalue weighted by Crippen LogP contribution is 2.24. The van der Waals surface area contributed by atoms with Crippen molar-refractivity contribution in [2.45, 2.75) is 18.4 Å². The molecule has 0 atom stereocenters. The Kier molecular flexibility index (Phi) is 4.31. The van der Waals surface area contributed by atoms with Crippen molar-refractivity contribution in [1.82, 2.24) is 4.57 Å². The molecule has 0 saturated heterocycles. The molecule has 5 nitrogen and oxygen atoms in total. The van der Waals surface area contributed by atoms with E-state index in [1.54, 1.807) is 34.9 Å². The third-order valence-electron chi connectivity index (χ3n) is 3.36. The first kappa shape index (κ1) is 16.2. The predicted octanol–water partition coefficient (Wildman–Crippen LogP) is 3.65. The topological polar surface area (TPSA) is 68.2 Å². The van der Waals surface area contributed by atoms with Crippen LogP contribution in [0.15, 0.2) is 56.6 Å². The van der Waals surface area contributed by atoms with Crippen molar-refractivity contribution in [1.29, 1.82) is 0 Å². The van der Waals surface area contributed by atoms with E-state index in [0.717, 1.165) is 26.0 Å². The molecule has 3 rings (SSSR count). The van der Waals surface area contributed by atoms with E-state index in [2.05, 4.69) is 20.7 Å². The molecule has 1 heterocycles. The van der Waals surface area contributed by atoms with Gasteiger partial charge in [-0.1, -0.05) is 27.3 Å². The number of hydrogen-bond acceptors (Lipinski definition) is 4. The monoisotopic (exact) mass is 412 g/mol. The van der Waals surface area contributed by atoms with E-state index < -0.39 is 10.0 Å². The molecule has 0 spiro atoms. The Morgan fingerprint density at radius 3 is 2.52 bits per heavy atom. The number of fused-ring (bicyclic) bond motifs is 1. The third-order valence-corrected chi connectivity index (χ3v) is 6.23. The Hall–Kier alpha value is -1.64. The van der Waals surface area contributed by atoms with E-state index in [1.807, 2.05) is 6.92 Å². The van der Waals surface area contributed by atoms with Crippen molar-refractivity contribution < 1.29 is 8.42 Å². The lowest BCUT2D eigenvalue weighted by Crippen LogP contribution is -2.13. The van der Waals surface area contributed by atoms with Crippen LogP contribution >= 0.6 is 27.3 Å². The fourth-order valence-electron chi connectivity index (χ4n) is 2.26. The fraction of sp³-hybridized carbons (Fsp3) is 0.133. The maximum Gasteiger partial charge on any atom is 0.308 e. The van der Waals surface area contributed by atoms with Crippen molar-refractivity contribution in [3.63, 3.8) is 0 Å². The normalized spacial score (nSPS) is 11.7. The number of thiazole rings is 1. The number of rotatable bonds is 4. The van der Waals surface area contributed by atoms with Crippen LogP contribution in [-0.4, -0.2) is 13.0 Å².